The average Bonchev–Trinajstić information content (AvgIpc) is 3.06. The third-order valence-corrected chi connectivity index (χ3v) is 4.12. The van der Waals surface area contributed by atoms with E-state index in [4.69, 9.17) is 4.74 Å². The molecule has 1 aromatic heterocycles. The molecular weight excluding hydrogens is 375 g/mol. The van der Waals surface area contributed by atoms with Crippen molar-refractivity contribution in [2.75, 3.05) is 13.7 Å². The first-order chi connectivity index (χ1) is 13.3. The number of ether oxygens (including phenoxy) is 2. The molecule has 1 N–H and O–H groups in total. The molecule has 1 aliphatic rings. The predicted molar refractivity (Wildman–Crippen MR) is 95.9 cm³/mol. The molecule has 0 unspecified atom stereocenters. The van der Waals surface area contributed by atoms with E-state index in [1.54, 1.807) is 13.2 Å². The van der Waals surface area contributed by atoms with Gasteiger partial charge in [-0.25, -0.2) is 9.78 Å². The predicted octanol–water partition coefficient (Wildman–Crippen LogP) is 3.68. The average molecular weight is 393 g/mol. The first-order valence-electron chi connectivity index (χ1n) is 8.51. The third-order valence-electron chi connectivity index (χ3n) is 4.12. The lowest BCUT2D eigenvalue weighted by molar-refractivity contribution is -0.154. The molecule has 0 spiro atoms. The van der Waals surface area contributed by atoms with Crippen molar-refractivity contribution in [2.45, 2.75) is 25.6 Å². The van der Waals surface area contributed by atoms with Gasteiger partial charge in [0.15, 0.2) is 6.61 Å². The van der Waals surface area contributed by atoms with Crippen molar-refractivity contribution in [1.29, 1.82) is 0 Å². The number of aromatic nitrogens is 1. The third kappa shape index (κ3) is 5.21. The molecule has 0 radical (unpaired) electrons. The summed E-state index contributed by atoms with van der Waals surface area (Å²) in [5.41, 5.74) is 3.22. The second-order valence-electron chi connectivity index (χ2n) is 6.15. The zero-order chi connectivity index (χ0) is 20.1. The lowest BCUT2D eigenvalue weighted by atomic mass is 10.1. The van der Waals surface area contributed by atoms with Gasteiger partial charge in [-0.2, -0.15) is 18.2 Å². The molecule has 2 aromatic rings. The molecule has 1 aliphatic carbocycles. The van der Waals surface area contributed by atoms with Crippen molar-refractivity contribution < 1.29 is 27.4 Å². The Morgan fingerprint density at radius 2 is 2.07 bits per heavy atom. The Morgan fingerprint density at radius 1 is 1.25 bits per heavy atom. The van der Waals surface area contributed by atoms with E-state index in [1.807, 2.05) is 18.2 Å². The maximum Gasteiger partial charge on any atom is 0.422 e. The second-order valence-corrected chi connectivity index (χ2v) is 6.15. The number of carbonyl (C=O) groups excluding carboxylic acids is 1. The van der Waals surface area contributed by atoms with Crippen molar-refractivity contribution in [1.82, 2.24) is 10.3 Å². The van der Waals surface area contributed by atoms with Crippen LogP contribution in [0.5, 0.6) is 11.6 Å². The molecule has 9 heteroatoms. The number of aryl methyl sites for hydroxylation is 1. The summed E-state index contributed by atoms with van der Waals surface area (Å²) in [5, 5.41) is 2.62. The van der Waals surface area contributed by atoms with Gasteiger partial charge in [-0.05, 0) is 42.2 Å². The number of fused-ring (bicyclic) bond motifs is 1. The van der Waals surface area contributed by atoms with E-state index in [1.165, 1.54) is 12.3 Å². The maximum atomic E-state index is 12.2. The van der Waals surface area contributed by atoms with Crippen molar-refractivity contribution in [2.24, 2.45) is 4.99 Å². The number of aliphatic imine (C=N–C) groups is 1. The van der Waals surface area contributed by atoms with E-state index in [0.717, 1.165) is 17.5 Å². The normalized spacial score (nSPS) is 14.6. The molecule has 1 aromatic carbocycles. The van der Waals surface area contributed by atoms with E-state index in [-0.39, 0.29) is 12.4 Å². The number of halogens is 3. The van der Waals surface area contributed by atoms with Crippen LogP contribution in [0.25, 0.3) is 0 Å². The Bertz CT molecular complexity index is 897. The molecule has 148 valence electrons. The van der Waals surface area contributed by atoms with Crippen LogP contribution in [0, 0.1) is 0 Å². The Hall–Kier alpha value is -3.10. The van der Waals surface area contributed by atoms with Crippen LogP contribution in [0.4, 0.5) is 18.0 Å². The number of hydrogen-bond acceptors (Lipinski definition) is 4. The fraction of sp³-hybridized carbons (Fsp3) is 0.316. The van der Waals surface area contributed by atoms with Crippen LogP contribution in [0.3, 0.4) is 0 Å². The van der Waals surface area contributed by atoms with Gasteiger partial charge in [-0.3, -0.25) is 0 Å². The molecule has 0 aliphatic heterocycles. The number of rotatable bonds is 5. The second kappa shape index (κ2) is 8.28. The van der Waals surface area contributed by atoms with Crippen LogP contribution < -0.4 is 14.8 Å². The van der Waals surface area contributed by atoms with Gasteiger partial charge in [0.25, 0.3) is 0 Å². The Morgan fingerprint density at radius 3 is 2.82 bits per heavy atom. The minimum absolute atomic E-state index is 0.0888. The first kappa shape index (κ1) is 19.7. The topological polar surface area (TPSA) is 72.8 Å². The number of alkyl halides is 3. The summed E-state index contributed by atoms with van der Waals surface area (Å²) in [6.07, 6.45) is -1.67. The molecule has 6 nitrogen and oxygen atoms in total. The van der Waals surface area contributed by atoms with Crippen molar-refractivity contribution in [3.05, 3.63) is 53.2 Å². The number of nitrogens with one attached hydrogen (secondary N) is 1. The van der Waals surface area contributed by atoms with Crippen LogP contribution in [0.15, 0.2) is 41.5 Å². The van der Waals surface area contributed by atoms with E-state index < -0.39 is 18.8 Å². The SMILES string of the molecule is COc1ccc2c(c1)/C(=N/C(=O)NCc1ccnc(OCC(F)(F)F)c1)CC2. The number of urea groups is 1. The minimum atomic E-state index is -4.44. The molecular formula is C19H18F3N3O3. The van der Waals surface area contributed by atoms with Gasteiger partial charge in [0.05, 0.1) is 12.8 Å². The van der Waals surface area contributed by atoms with E-state index >= 15 is 0 Å². The van der Waals surface area contributed by atoms with Crippen molar-refractivity contribution in [3.63, 3.8) is 0 Å². The summed E-state index contributed by atoms with van der Waals surface area (Å²) < 4.78 is 46.4. The van der Waals surface area contributed by atoms with Gasteiger partial charge in [0, 0.05) is 24.4 Å². The molecule has 1 heterocycles. The van der Waals surface area contributed by atoms with Crippen LogP contribution >= 0.6 is 0 Å². The smallest absolute Gasteiger partial charge is 0.422 e. The summed E-state index contributed by atoms with van der Waals surface area (Å²) in [7, 11) is 1.57. The fourth-order valence-electron chi connectivity index (χ4n) is 2.81. The quantitative estimate of drug-likeness (QED) is 0.841. The Kier molecular flexibility index (Phi) is 5.81. The van der Waals surface area contributed by atoms with Gasteiger partial charge in [0.1, 0.15) is 5.75 Å². The van der Waals surface area contributed by atoms with Crippen LogP contribution in [0.2, 0.25) is 0 Å². The number of hydrogen-bond donors (Lipinski definition) is 1. The van der Waals surface area contributed by atoms with Crippen molar-refractivity contribution >= 4 is 11.7 Å². The molecule has 0 bridgehead atoms. The first-order valence-corrected chi connectivity index (χ1v) is 8.51. The summed E-state index contributed by atoms with van der Waals surface area (Å²) >= 11 is 0. The molecule has 0 saturated carbocycles. The highest BCUT2D eigenvalue weighted by molar-refractivity contribution is 6.09. The number of pyridine rings is 1. The maximum absolute atomic E-state index is 12.2. The van der Waals surface area contributed by atoms with Gasteiger partial charge >= 0.3 is 12.2 Å². The summed E-state index contributed by atoms with van der Waals surface area (Å²) in [4.78, 5) is 20.0. The highest BCUT2D eigenvalue weighted by Gasteiger charge is 2.28. The van der Waals surface area contributed by atoms with Gasteiger partial charge < -0.3 is 14.8 Å². The van der Waals surface area contributed by atoms with Crippen LogP contribution in [-0.4, -0.2) is 36.6 Å². The zero-order valence-electron chi connectivity index (χ0n) is 15.0. The number of methoxy groups -OCH3 is 1. The molecule has 2 amide bonds. The number of amides is 2. The van der Waals surface area contributed by atoms with E-state index in [0.29, 0.717) is 23.4 Å². The highest BCUT2D eigenvalue weighted by Crippen LogP contribution is 2.26. The van der Waals surface area contributed by atoms with Gasteiger partial charge in [0.2, 0.25) is 5.88 Å². The van der Waals surface area contributed by atoms with Crippen molar-refractivity contribution in [3.8, 4) is 11.6 Å². The minimum Gasteiger partial charge on any atom is -0.497 e. The monoisotopic (exact) mass is 393 g/mol. The number of nitrogens with zero attached hydrogens (tertiary/aromatic N) is 2. The van der Waals surface area contributed by atoms with E-state index in [2.05, 4.69) is 20.0 Å². The molecule has 28 heavy (non-hydrogen) atoms. The molecule has 0 atom stereocenters. The lowest BCUT2D eigenvalue weighted by Gasteiger charge is -2.09. The summed E-state index contributed by atoms with van der Waals surface area (Å²) in [5.74, 6) is 0.532. The number of benzene rings is 1. The number of carbonyl (C=O) groups is 1. The summed E-state index contributed by atoms with van der Waals surface area (Å²) in [6, 6.07) is 8.05. The van der Waals surface area contributed by atoms with Gasteiger partial charge in [-0.1, -0.05) is 6.07 Å². The Balaban J connectivity index is 1.61. The highest BCUT2D eigenvalue weighted by atomic mass is 19.4. The van der Waals surface area contributed by atoms with Gasteiger partial charge in [-0.15, -0.1) is 0 Å². The fourth-order valence-corrected chi connectivity index (χ4v) is 2.81. The molecule has 3 rings (SSSR count). The lowest BCUT2D eigenvalue weighted by Crippen LogP contribution is -2.21. The molecule has 0 fully saturated rings. The van der Waals surface area contributed by atoms with E-state index in [9.17, 15) is 18.0 Å². The van der Waals surface area contributed by atoms with Crippen LogP contribution in [0.1, 0.15) is 23.1 Å². The molecule has 0 saturated heterocycles. The summed E-state index contributed by atoms with van der Waals surface area (Å²) in [6.45, 7) is -1.34. The largest absolute Gasteiger partial charge is 0.497 e. The van der Waals surface area contributed by atoms with Crippen LogP contribution in [-0.2, 0) is 13.0 Å². The Labute approximate surface area is 159 Å². The standard InChI is InChI=1S/C19H18F3N3O3/c1-27-14-4-2-13-3-5-16(15(13)9-14)25-18(26)24-10-12-6-7-23-17(8-12)28-11-19(20,21)22/h2,4,6-9H,3,5,10-11H2,1H3,(H,24,26)/b25-16+. The zero-order valence-corrected chi connectivity index (χ0v) is 15.0.